The van der Waals surface area contributed by atoms with Crippen LogP contribution in [0.5, 0.6) is 0 Å². The van der Waals surface area contributed by atoms with Crippen LogP contribution in [0.25, 0.3) is 0 Å². The first-order valence-electron chi connectivity index (χ1n) is 7.10. The van der Waals surface area contributed by atoms with Gasteiger partial charge in [0.25, 0.3) is 0 Å². The first-order valence-corrected chi connectivity index (χ1v) is 8.25. The number of carboxylic acid groups (broad SMARTS) is 1. The van der Waals surface area contributed by atoms with Gasteiger partial charge in [0.05, 0.1) is 5.56 Å². The summed E-state index contributed by atoms with van der Waals surface area (Å²) in [6, 6.07) is 6.94. The maximum atomic E-state index is 11.8. The van der Waals surface area contributed by atoms with Gasteiger partial charge in [-0.3, -0.25) is 0 Å². The molecule has 3 N–H and O–H groups in total. The number of amides is 2. The monoisotopic (exact) mass is 308 g/mol. The zero-order valence-corrected chi connectivity index (χ0v) is 12.6. The van der Waals surface area contributed by atoms with Gasteiger partial charge in [0.2, 0.25) is 0 Å². The van der Waals surface area contributed by atoms with Crippen LogP contribution < -0.4 is 10.6 Å². The third kappa shape index (κ3) is 4.97. The van der Waals surface area contributed by atoms with Gasteiger partial charge in [-0.2, -0.15) is 11.8 Å². The first-order chi connectivity index (χ1) is 10.2. The van der Waals surface area contributed by atoms with E-state index in [1.54, 1.807) is 24.3 Å². The van der Waals surface area contributed by atoms with Crippen molar-refractivity contribution < 1.29 is 14.7 Å². The summed E-state index contributed by atoms with van der Waals surface area (Å²) in [4.78, 5) is 22.9. The molecule has 1 unspecified atom stereocenters. The summed E-state index contributed by atoms with van der Waals surface area (Å²) in [7, 11) is 0. The molecule has 1 heterocycles. The molecule has 1 fully saturated rings. The Morgan fingerprint density at radius 1 is 1.33 bits per heavy atom. The third-order valence-electron chi connectivity index (χ3n) is 3.42. The van der Waals surface area contributed by atoms with Crippen molar-refractivity contribution >= 4 is 23.8 Å². The molecule has 21 heavy (non-hydrogen) atoms. The third-order valence-corrected chi connectivity index (χ3v) is 4.64. The molecule has 0 aliphatic carbocycles. The SMILES string of the molecule is O=C(NCCc1ccccc1C(=O)O)NC1CCCSC1. The van der Waals surface area contributed by atoms with Crippen molar-refractivity contribution in [2.45, 2.75) is 25.3 Å². The molecule has 114 valence electrons. The number of urea groups is 1. The van der Waals surface area contributed by atoms with Gasteiger partial charge in [-0.25, -0.2) is 9.59 Å². The molecule has 1 saturated heterocycles. The molecule has 0 spiro atoms. The van der Waals surface area contributed by atoms with E-state index < -0.39 is 5.97 Å². The van der Waals surface area contributed by atoms with Gasteiger partial charge in [-0.15, -0.1) is 0 Å². The number of rotatable bonds is 5. The minimum Gasteiger partial charge on any atom is -0.478 e. The zero-order valence-electron chi connectivity index (χ0n) is 11.8. The Morgan fingerprint density at radius 3 is 2.86 bits per heavy atom. The highest BCUT2D eigenvalue weighted by molar-refractivity contribution is 7.99. The summed E-state index contributed by atoms with van der Waals surface area (Å²) in [6.07, 6.45) is 2.68. The van der Waals surface area contributed by atoms with E-state index in [-0.39, 0.29) is 12.1 Å². The average molecular weight is 308 g/mol. The maximum Gasteiger partial charge on any atom is 0.335 e. The molecular weight excluding hydrogens is 288 g/mol. The second-order valence-corrected chi connectivity index (χ2v) is 6.18. The number of benzene rings is 1. The lowest BCUT2D eigenvalue weighted by molar-refractivity contribution is 0.0695. The highest BCUT2D eigenvalue weighted by Gasteiger charge is 2.15. The molecule has 6 heteroatoms. The topological polar surface area (TPSA) is 78.4 Å². The molecule has 2 amide bonds. The predicted molar refractivity (Wildman–Crippen MR) is 84.0 cm³/mol. The molecule has 0 saturated carbocycles. The fraction of sp³-hybridized carbons (Fsp3) is 0.467. The highest BCUT2D eigenvalue weighted by Crippen LogP contribution is 2.16. The number of carbonyl (C=O) groups excluding carboxylic acids is 1. The summed E-state index contributed by atoms with van der Waals surface area (Å²) >= 11 is 1.86. The molecule has 1 aromatic rings. The molecule has 0 aromatic heterocycles. The number of carbonyl (C=O) groups is 2. The molecule has 5 nitrogen and oxygen atoms in total. The number of nitrogens with one attached hydrogen (secondary N) is 2. The van der Waals surface area contributed by atoms with Crippen LogP contribution in [0.1, 0.15) is 28.8 Å². The smallest absolute Gasteiger partial charge is 0.335 e. The molecule has 0 bridgehead atoms. The minimum absolute atomic E-state index is 0.171. The van der Waals surface area contributed by atoms with Crippen molar-refractivity contribution in [1.29, 1.82) is 0 Å². The van der Waals surface area contributed by atoms with E-state index in [0.717, 1.165) is 24.2 Å². The predicted octanol–water partition coefficient (Wildman–Crippen LogP) is 2.12. The Kier molecular flexibility index (Phi) is 5.92. The van der Waals surface area contributed by atoms with Crippen molar-refractivity contribution in [2.24, 2.45) is 0 Å². The van der Waals surface area contributed by atoms with Crippen molar-refractivity contribution in [3.05, 3.63) is 35.4 Å². The standard InChI is InChI=1S/C15H20N2O3S/c18-14(19)13-6-2-1-4-11(13)7-8-16-15(20)17-12-5-3-9-21-10-12/h1-2,4,6,12H,3,5,7-10H2,(H,18,19)(H2,16,17,20). The number of hydrogen-bond donors (Lipinski definition) is 3. The fourth-order valence-corrected chi connectivity index (χ4v) is 3.42. The summed E-state index contributed by atoms with van der Waals surface area (Å²) in [6.45, 7) is 0.427. The zero-order chi connectivity index (χ0) is 15.1. The molecule has 1 aliphatic heterocycles. The van der Waals surface area contributed by atoms with Crippen molar-refractivity contribution in [3.63, 3.8) is 0 Å². The number of thioether (sulfide) groups is 1. The first kappa shape index (κ1) is 15.7. The Morgan fingerprint density at radius 2 is 2.14 bits per heavy atom. The molecular formula is C15H20N2O3S. The molecule has 1 aliphatic rings. The largest absolute Gasteiger partial charge is 0.478 e. The Bertz CT molecular complexity index is 501. The van der Waals surface area contributed by atoms with Gasteiger partial charge in [0.1, 0.15) is 0 Å². The van der Waals surface area contributed by atoms with Crippen LogP contribution in [0.4, 0.5) is 4.79 Å². The second kappa shape index (κ2) is 7.93. The van der Waals surface area contributed by atoms with E-state index in [9.17, 15) is 9.59 Å². The van der Waals surface area contributed by atoms with Crippen LogP contribution in [0.3, 0.4) is 0 Å². The van der Waals surface area contributed by atoms with Gasteiger partial charge >= 0.3 is 12.0 Å². The number of aromatic carboxylic acids is 1. The summed E-state index contributed by atoms with van der Waals surface area (Å²) in [5.41, 5.74) is 1.03. The molecule has 2 rings (SSSR count). The fourth-order valence-electron chi connectivity index (χ4n) is 2.35. The van der Waals surface area contributed by atoms with E-state index >= 15 is 0 Å². The van der Waals surface area contributed by atoms with E-state index in [2.05, 4.69) is 10.6 Å². The van der Waals surface area contributed by atoms with Crippen molar-refractivity contribution in [2.75, 3.05) is 18.1 Å². The minimum atomic E-state index is -0.936. The molecule has 1 aromatic carbocycles. The van der Waals surface area contributed by atoms with Crippen LogP contribution in [-0.4, -0.2) is 41.2 Å². The van der Waals surface area contributed by atoms with E-state index in [0.29, 0.717) is 18.5 Å². The lowest BCUT2D eigenvalue weighted by Crippen LogP contribution is -2.44. The Labute approximate surface area is 128 Å². The van der Waals surface area contributed by atoms with Crippen molar-refractivity contribution in [3.8, 4) is 0 Å². The van der Waals surface area contributed by atoms with Crippen LogP contribution in [0.15, 0.2) is 24.3 Å². The maximum absolute atomic E-state index is 11.8. The van der Waals surface area contributed by atoms with E-state index in [4.69, 9.17) is 5.11 Å². The molecule has 1 atom stereocenters. The van der Waals surface area contributed by atoms with Gasteiger partial charge in [-0.05, 0) is 36.6 Å². The van der Waals surface area contributed by atoms with Crippen LogP contribution in [0.2, 0.25) is 0 Å². The Balaban J connectivity index is 1.76. The highest BCUT2D eigenvalue weighted by atomic mass is 32.2. The summed E-state index contributed by atoms with van der Waals surface area (Å²) in [5.74, 6) is 1.20. The van der Waals surface area contributed by atoms with Gasteiger partial charge < -0.3 is 15.7 Å². The van der Waals surface area contributed by atoms with Crippen LogP contribution in [-0.2, 0) is 6.42 Å². The Hall–Kier alpha value is -1.69. The van der Waals surface area contributed by atoms with Crippen molar-refractivity contribution in [1.82, 2.24) is 10.6 Å². The summed E-state index contributed by atoms with van der Waals surface area (Å²) in [5, 5.41) is 14.8. The normalized spacial score (nSPS) is 18.0. The van der Waals surface area contributed by atoms with Gasteiger partial charge in [0.15, 0.2) is 0 Å². The summed E-state index contributed by atoms with van der Waals surface area (Å²) < 4.78 is 0. The number of carboxylic acids is 1. The molecule has 0 radical (unpaired) electrons. The van der Waals surface area contributed by atoms with Crippen LogP contribution in [0, 0.1) is 0 Å². The second-order valence-electron chi connectivity index (χ2n) is 5.03. The number of hydrogen-bond acceptors (Lipinski definition) is 3. The lowest BCUT2D eigenvalue weighted by Gasteiger charge is -2.22. The van der Waals surface area contributed by atoms with Gasteiger partial charge in [0, 0.05) is 18.3 Å². The average Bonchev–Trinajstić information content (AvgIpc) is 2.48. The van der Waals surface area contributed by atoms with Gasteiger partial charge in [-0.1, -0.05) is 18.2 Å². The van der Waals surface area contributed by atoms with Crippen LogP contribution >= 0.6 is 11.8 Å². The quantitative estimate of drug-likeness (QED) is 0.778. The van der Waals surface area contributed by atoms with E-state index in [1.165, 1.54) is 5.75 Å². The lowest BCUT2D eigenvalue weighted by atomic mass is 10.0. The van der Waals surface area contributed by atoms with E-state index in [1.807, 2.05) is 11.8 Å².